The summed E-state index contributed by atoms with van der Waals surface area (Å²) in [6, 6.07) is 13.8. The van der Waals surface area contributed by atoms with Crippen LogP contribution in [-0.4, -0.2) is 70.2 Å². The number of carbonyl (C=O) groups excluding carboxylic acids is 2. The Balaban J connectivity index is 1.26. The van der Waals surface area contributed by atoms with Gasteiger partial charge in [-0.15, -0.1) is 11.3 Å². The molecule has 2 amide bonds. The second-order valence-electron chi connectivity index (χ2n) is 9.47. The minimum Gasteiger partial charge on any atom is -0.338 e. The van der Waals surface area contributed by atoms with E-state index in [0.717, 1.165) is 17.5 Å². The maximum atomic E-state index is 14.1. The van der Waals surface area contributed by atoms with Gasteiger partial charge in [-0.3, -0.25) is 24.6 Å². The Labute approximate surface area is 218 Å². The maximum Gasteiger partial charge on any atom is 0.269 e. The van der Waals surface area contributed by atoms with Gasteiger partial charge in [0.15, 0.2) is 0 Å². The molecule has 3 aromatic rings. The average molecular weight is 523 g/mol. The second-order valence-corrected chi connectivity index (χ2v) is 10.5. The molecule has 2 atom stereocenters. The fraction of sp³-hybridized carbons (Fsp3) is 0.333. The summed E-state index contributed by atoms with van der Waals surface area (Å²) >= 11 is 1.69. The first-order valence-electron chi connectivity index (χ1n) is 12.2. The van der Waals surface area contributed by atoms with Crippen LogP contribution in [0.25, 0.3) is 0 Å². The minimum absolute atomic E-state index is 0.0191. The third-order valence-corrected chi connectivity index (χ3v) is 8.13. The van der Waals surface area contributed by atoms with Gasteiger partial charge >= 0.3 is 0 Å². The number of rotatable bonds is 5. The number of fused-ring (bicyclic) bond motifs is 1. The Morgan fingerprint density at radius 3 is 2.59 bits per heavy atom. The summed E-state index contributed by atoms with van der Waals surface area (Å²) in [5.74, 6) is -0.523. The molecular weight excluding hydrogens is 495 g/mol. The van der Waals surface area contributed by atoms with Crippen LogP contribution in [-0.2, 0) is 11.2 Å². The summed E-state index contributed by atoms with van der Waals surface area (Å²) in [7, 11) is 0. The number of carbonyl (C=O) groups is 2. The number of non-ortho nitro benzene ring substituents is 1. The van der Waals surface area contributed by atoms with E-state index in [1.165, 1.54) is 35.2 Å². The van der Waals surface area contributed by atoms with Gasteiger partial charge in [-0.2, -0.15) is 0 Å². The van der Waals surface area contributed by atoms with Crippen molar-refractivity contribution in [3.63, 3.8) is 0 Å². The van der Waals surface area contributed by atoms with Gasteiger partial charge in [0, 0.05) is 54.8 Å². The smallest absolute Gasteiger partial charge is 0.269 e. The molecule has 192 valence electrons. The summed E-state index contributed by atoms with van der Waals surface area (Å²) in [5, 5.41) is 12.9. The van der Waals surface area contributed by atoms with E-state index < -0.39 is 4.92 Å². The van der Waals surface area contributed by atoms with Crippen molar-refractivity contribution in [2.75, 3.05) is 32.7 Å². The van der Waals surface area contributed by atoms with Crippen molar-refractivity contribution in [1.82, 2.24) is 14.7 Å². The molecule has 2 aliphatic rings. The Kier molecular flexibility index (Phi) is 7.03. The molecule has 37 heavy (non-hydrogen) atoms. The van der Waals surface area contributed by atoms with Gasteiger partial charge in [-0.1, -0.05) is 12.1 Å². The van der Waals surface area contributed by atoms with Crippen LogP contribution in [0.4, 0.5) is 10.1 Å². The van der Waals surface area contributed by atoms with E-state index in [-0.39, 0.29) is 41.9 Å². The van der Waals surface area contributed by atoms with Crippen LogP contribution in [0, 0.1) is 15.9 Å². The quantitative estimate of drug-likeness (QED) is 0.372. The van der Waals surface area contributed by atoms with E-state index in [0.29, 0.717) is 31.7 Å². The van der Waals surface area contributed by atoms with E-state index in [1.54, 1.807) is 33.3 Å². The van der Waals surface area contributed by atoms with Gasteiger partial charge in [-0.05, 0) is 60.2 Å². The van der Waals surface area contributed by atoms with Crippen LogP contribution < -0.4 is 0 Å². The van der Waals surface area contributed by atoms with E-state index in [1.807, 2.05) is 18.4 Å². The van der Waals surface area contributed by atoms with Gasteiger partial charge in [0.2, 0.25) is 5.91 Å². The molecule has 0 N–H and O–H groups in total. The van der Waals surface area contributed by atoms with Crippen LogP contribution in [0.1, 0.15) is 39.3 Å². The number of nitrogens with zero attached hydrogens (tertiary/aromatic N) is 4. The summed E-state index contributed by atoms with van der Waals surface area (Å²) < 4.78 is 14.1. The molecule has 2 aliphatic heterocycles. The van der Waals surface area contributed by atoms with E-state index in [4.69, 9.17) is 0 Å². The molecule has 0 radical (unpaired) electrons. The zero-order valence-corrected chi connectivity index (χ0v) is 21.2. The molecule has 0 spiro atoms. The number of halogens is 1. The van der Waals surface area contributed by atoms with Crippen LogP contribution in [0.5, 0.6) is 0 Å². The van der Waals surface area contributed by atoms with Gasteiger partial charge in [-0.25, -0.2) is 4.39 Å². The Hall–Kier alpha value is -3.63. The number of hydrogen-bond acceptors (Lipinski definition) is 6. The van der Waals surface area contributed by atoms with Crippen molar-refractivity contribution in [3.05, 3.63) is 97.5 Å². The van der Waals surface area contributed by atoms with Gasteiger partial charge < -0.3 is 9.80 Å². The van der Waals surface area contributed by atoms with E-state index in [9.17, 15) is 24.1 Å². The SMILES string of the molecule is CC1CN(C(=O)CN2CCc3sccc3C2c2cccc(F)c2)CCN1C(=O)c1ccc([N+](=O)[O-])cc1. The first kappa shape index (κ1) is 25.0. The zero-order valence-electron chi connectivity index (χ0n) is 20.4. The standard InChI is InChI=1S/C27H27FN4O4S/c1-18-16-29(12-13-31(18)27(34)19-5-7-22(8-6-19)32(35)36)25(33)17-30-11-9-24-23(10-14-37-24)26(30)20-3-2-4-21(28)15-20/h2-8,10,14-15,18,26H,9,11-13,16-17H2,1H3. The Morgan fingerprint density at radius 1 is 1.11 bits per heavy atom. The normalized spacial score (nSPS) is 19.9. The molecule has 10 heteroatoms. The lowest BCUT2D eigenvalue weighted by Gasteiger charge is -2.42. The fourth-order valence-electron chi connectivity index (χ4n) is 5.26. The third kappa shape index (κ3) is 5.12. The number of thiophene rings is 1. The van der Waals surface area contributed by atoms with Crippen molar-refractivity contribution in [2.24, 2.45) is 0 Å². The van der Waals surface area contributed by atoms with Gasteiger partial charge in [0.25, 0.3) is 11.6 Å². The molecule has 1 saturated heterocycles. The van der Waals surface area contributed by atoms with Crippen molar-refractivity contribution < 1.29 is 18.9 Å². The predicted molar refractivity (Wildman–Crippen MR) is 138 cm³/mol. The Morgan fingerprint density at radius 2 is 1.89 bits per heavy atom. The van der Waals surface area contributed by atoms with Crippen LogP contribution >= 0.6 is 11.3 Å². The zero-order chi connectivity index (χ0) is 26.1. The molecule has 0 aliphatic carbocycles. The molecule has 2 aromatic carbocycles. The molecule has 0 saturated carbocycles. The summed E-state index contributed by atoms with van der Waals surface area (Å²) in [6.07, 6.45) is 0.847. The molecule has 1 fully saturated rings. The van der Waals surface area contributed by atoms with Crippen molar-refractivity contribution in [3.8, 4) is 0 Å². The molecule has 5 rings (SSSR count). The van der Waals surface area contributed by atoms with Crippen LogP contribution in [0.2, 0.25) is 0 Å². The first-order valence-corrected chi connectivity index (χ1v) is 13.1. The molecule has 0 bridgehead atoms. The highest BCUT2D eigenvalue weighted by molar-refractivity contribution is 7.10. The number of piperazine rings is 1. The summed E-state index contributed by atoms with van der Waals surface area (Å²) in [4.78, 5) is 43.7. The number of amides is 2. The Bertz CT molecular complexity index is 1330. The van der Waals surface area contributed by atoms with Crippen molar-refractivity contribution in [2.45, 2.75) is 25.4 Å². The summed E-state index contributed by atoms with van der Waals surface area (Å²) in [6.45, 7) is 4.00. The molecular formula is C27H27FN4O4S. The summed E-state index contributed by atoms with van der Waals surface area (Å²) in [5.41, 5.74) is 2.28. The highest BCUT2D eigenvalue weighted by Gasteiger charge is 2.35. The highest BCUT2D eigenvalue weighted by atomic mass is 32.1. The number of nitro groups is 1. The number of nitro benzene ring substituents is 1. The fourth-order valence-corrected chi connectivity index (χ4v) is 6.16. The van der Waals surface area contributed by atoms with Crippen LogP contribution in [0.15, 0.2) is 60.0 Å². The topological polar surface area (TPSA) is 87.0 Å². The average Bonchev–Trinajstić information content (AvgIpc) is 3.37. The lowest BCUT2D eigenvalue weighted by Crippen LogP contribution is -2.57. The monoisotopic (exact) mass is 522 g/mol. The molecule has 8 nitrogen and oxygen atoms in total. The molecule has 1 aromatic heterocycles. The van der Waals surface area contributed by atoms with Crippen LogP contribution in [0.3, 0.4) is 0 Å². The second kappa shape index (κ2) is 10.4. The molecule has 3 heterocycles. The van der Waals surface area contributed by atoms with E-state index >= 15 is 0 Å². The third-order valence-electron chi connectivity index (χ3n) is 7.13. The van der Waals surface area contributed by atoms with E-state index in [2.05, 4.69) is 11.0 Å². The van der Waals surface area contributed by atoms with Crippen molar-refractivity contribution in [1.29, 1.82) is 0 Å². The lowest BCUT2D eigenvalue weighted by molar-refractivity contribution is -0.384. The highest BCUT2D eigenvalue weighted by Crippen LogP contribution is 2.37. The predicted octanol–water partition coefficient (Wildman–Crippen LogP) is 4.12. The number of benzene rings is 2. The largest absolute Gasteiger partial charge is 0.338 e. The van der Waals surface area contributed by atoms with Gasteiger partial charge in [0.1, 0.15) is 5.82 Å². The first-order chi connectivity index (χ1) is 17.8. The lowest BCUT2D eigenvalue weighted by atomic mass is 9.93. The maximum absolute atomic E-state index is 14.1. The minimum atomic E-state index is -0.498. The number of hydrogen-bond donors (Lipinski definition) is 0. The van der Waals surface area contributed by atoms with Gasteiger partial charge in [0.05, 0.1) is 17.5 Å². The van der Waals surface area contributed by atoms with Crippen molar-refractivity contribution >= 4 is 28.8 Å². The molecule has 2 unspecified atom stereocenters.